The first-order chi connectivity index (χ1) is 19.0. The standard InChI is InChI=1S/C27H36N4O8S2/c1-9-10-15(16-12-41-24(28-16)30-25(36)39-27(6,7)8)19(32)29-17-20(33)31-18(14(2)11-40-21(17)31)22(34)37-13-38-23(35)26(3,4)5/h10,12,17,21H,9,11,13H2,1-8H3,(H,29,32)(H,28,30,36)/b15-10-/t17-,21-/m1/s1. The van der Waals surface area contributed by atoms with Crippen LogP contribution in [0.15, 0.2) is 22.7 Å². The third-order valence-electron chi connectivity index (χ3n) is 5.67. The Balaban J connectivity index is 1.65. The first-order valence-corrected chi connectivity index (χ1v) is 14.9. The van der Waals surface area contributed by atoms with Gasteiger partial charge in [0.2, 0.25) is 6.79 Å². The van der Waals surface area contributed by atoms with E-state index in [0.717, 1.165) is 11.3 Å². The molecule has 0 aromatic carbocycles. The Labute approximate surface area is 247 Å². The molecule has 41 heavy (non-hydrogen) atoms. The van der Waals surface area contributed by atoms with Gasteiger partial charge in [-0.25, -0.2) is 14.6 Å². The summed E-state index contributed by atoms with van der Waals surface area (Å²) in [5, 5.41) is 6.70. The van der Waals surface area contributed by atoms with Crippen molar-refractivity contribution in [3.8, 4) is 0 Å². The van der Waals surface area contributed by atoms with Crippen LogP contribution in [0.4, 0.5) is 9.93 Å². The maximum atomic E-state index is 13.3. The number of carbonyl (C=O) groups excluding carboxylic acids is 5. The topological polar surface area (TPSA) is 153 Å². The Morgan fingerprint density at radius 2 is 1.83 bits per heavy atom. The third kappa shape index (κ3) is 7.88. The highest BCUT2D eigenvalue weighted by atomic mass is 32.2. The van der Waals surface area contributed by atoms with Gasteiger partial charge in [-0.1, -0.05) is 13.0 Å². The molecular weight excluding hydrogens is 572 g/mol. The normalized spacial score (nSPS) is 19.2. The number of rotatable bonds is 8. The summed E-state index contributed by atoms with van der Waals surface area (Å²) in [7, 11) is 0. The second-order valence-electron chi connectivity index (χ2n) is 11.4. The number of nitrogens with one attached hydrogen (secondary N) is 2. The van der Waals surface area contributed by atoms with Crippen LogP contribution < -0.4 is 10.6 Å². The van der Waals surface area contributed by atoms with E-state index in [2.05, 4.69) is 15.6 Å². The number of ether oxygens (including phenoxy) is 3. The highest BCUT2D eigenvalue weighted by Crippen LogP contribution is 2.40. The van der Waals surface area contributed by atoms with Crippen LogP contribution in [0.2, 0.25) is 0 Å². The number of thioether (sulfide) groups is 1. The predicted molar refractivity (Wildman–Crippen MR) is 154 cm³/mol. The number of esters is 2. The van der Waals surface area contributed by atoms with Crippen LogP contribution in [0.25, 0.3) is 5.57 Å². The van der Waals surface area contributed by atoms with E-state index in [1.807, 2.05) is 6.92 Å². The molecular formula is C27H36N4O8S2. The van der Waals surface area contributed by atoms with Crippen molar-refractivity contribution in [3.05, 3.63) is 28.4 Å². The van der Waals surface area contributed by atoms with Crippen molar-refractivity contribution in [2.45, 2.75) is 78.8 Å². The number of β-lactam (4-membered cyclic amide) rings is 1. The van der Waals surface area contributed by atoms with Gasteiger partial charge in [0.05, 0.1) is 16.7 Å². The number of allylic oxidation sites excluding steroid dienone is 1. The molecule has 0 spiro atoms. The second-order valence-corrected chi connectivity index (χ2v) is 13.4. The van der Waals surface area contributed by atoms with Gasteiger partial charge in [-0.15, -0.1) is 23.1 Å². The van der Waals surface area contributed by atoms with E-state index < -0.39 is 59.1 Å². The van der Waals surface area contributed by atoms with Crippen LogP contribution in [0, 0.1) is 5.41 Å². The molecule has 0 bridgehead atoms. The number of thiazole rings is 1. The van der Waals surface area contributed by atoms with E-state index >= 15 is 0 Å². The van der Waals surface area contributed by atoms with Crippen molar-refractivity contribution in [2.75, 3.05) is 17.9 Å². The Hall–Kier alpha value is -3.39. The molecule has 2 aliphatic rings. The zero-order chi connectivity index (χ0) is 30.7. The van der Waals surface area contributed by atoms with Gasteiger partial charge in [-0.3, -0.25) is 24.6 Å². The Kier molecular flexibility index (Phi) is 9.90. The SMILES string of the molecule is CC/C=C(\C(=O)N[C@@H]1C(=O)N2C(C(=O)OCOC(=O)C(C)(C)C)=C(C)CS[C@H]12)c1csc(NC(=O)OC(C)(C)C)n1. The van der Waals surface area contributed by atoms with Gasteiger partial charge >= 0.3 is 18.0 Å². The van der Waals surface area contributed by atoms with Crippen LogP contribution >= 0.6 is 23.1 Å². The molecule has 1 aromatic heterocycles. The van der Waals surface area contributed by atoms with Crippen molar-refractivity contribution in [3.63, 3.8) is 0 Å². The Morgan fingerprint density at radius 3 is 2.44 bits per heavy atom. The summed E-state index contributed by atoms with van der Waals surface area (Å²) < 4.78 is 15.4. The van der Waals surface area contributed by atoms with Crippen molar-refractivity contribution >= 4 is 63.6 Å². The van der Waals surface area contributed by atoms with E-state index in [4.69, 9.17) is 14.2 Å². The van der Waals surface area contributed by atoms with Gasteiger partial charge in [-0.05, 0) is 60.5 Å². The lowest BCUT2D eigenvalue weighted by atomic mass is 9.98. The fraction of sp³-hybridized carbons (Fsp3) is 0.556. The zero-order valence-corrected chi connectivity index (χ0v) is 26.0. The van der Waals surface area contributed by atoms with Gasteiger partial charge in [-0.2, -0.15) is 0 Å². The molecule has 0 saturated carbocycles. The fourth-order valence-electron chi connectivity index (χ4n) is 3.77. The number of carbonyl (C=O) groups is 5. The summed E-state index contributed by atoms with van der Waals surface area (Å²) in [5.74, 6) is -1.85. The van der Waals surface area contributed by atoms with Crippen LogP contribution in [-0.4, -0.2) is 69.3 Å². The number of amides is 3. The minimum Gasteiger partial charge on any atom is -0.444 e. The van der Waals surface area contributed by atoms with E-state index in [1.165, 1.54) is 16.7 Å². The van der Waals surface area contributed by atoms with E-state index in [-0.39, 0.29) is 16.4 Å². The number of hydrogen-bond donors (Lipinski definition) is 2. The summed E-state index contributed by atoms with van der Waals surface area (Å²) in [4.78, 5) is 68.9. The van der Waals surface area contributed by atoms with Crippen LogP contribution in [0.1, 0.15) is 67.5 Å². The largest absolute Gasteiger partial charge is 0.444 e. The first-order valence-electron chi connectivity index (χ1n) is 13.0. The number of nitrogens with zero attached hydrogens (tertiary/aromatic N) is 2. The number of aromatic nitrogens is 1. The van der Waals surface area contributed by atoms with E-state index in [9.17, 15) is 24.0 Å². The van der Waals surface area contributed by atoms with Gasteiger partial charge < -0.3 is 19.5 Å². The highest BCUT2D eigenvalue weighted by Gasteiger charge is 2.54. The summed E-state index contributed by atoms with van der Waals surface area (Å²) in [5.41, 5.74) is -0.132. The molecule has 0 aliphatic carbocycles. The number of anilines is 1. The van der Waals surface area contributed by atoms with Crippen LogP contribution in [-0.2, 0) is 33.4 Å². The second kappa shape index (κ2) is 12.6. The van der Waals surface area contributed by atoms with Gasteiger partial charge in [0.1, 0.15) is 22.7 Å². The summed E-state index contributed by atoms with van der Waals surface area (Å²) in [6, 6.07) is -0.875. The smallest absolute Gasteiger partial charge is 0.413 e. The molecule has 12 nitrogen and oxygen atoms in total. The van der Waals surface area contributed by atoms with E-state index in [0.29, 0.717) is 23.4 Å². The molecule has 3 rings (SSSR count). The van der Waals surface area contributed by atoms with Gasteiger partial charge in [0.15, 0.2) is 5.13 Å². The number of fused-ring (bicyclic) bond motifs is 1. The summed E-state index contributed by atoms with van der Waals surface area (Å²) in [6.45, 7) is 13.3. The maximum absolute atomic E-state index is 13.3. The lowest BCUT2D eigenvalue weighted by Crippen LogP contribution is -2.70. The van der Waals surface area contributed by atoms with Crippen molar-refractivity contribution in [1.29, 1.82) is 0 Å². The molecule has 1 aromatic rings. The maximum Gasteiger partial charge on any atom is 0.413 e. The fourth-order valence-corrected chi connectivity index (χ4v) is 5.76. The molecule has 3 heterocycles. The Bertz CT molecular complexity index is 1290. The molecule has 14 heteroatoms. The van der Waals surface area contributed by atoms with Crippen molar-refractivity contribution in [2.24, 2.45) is 5.41 Å². The van der Waals surface area contributed by atoms with Crippen LogP contribution in [0.3, 0.4) is 0 Å². The highest BCUT2D eigenvalue weighted by molar-refractivity contribution is 8.00. The monoisotopic (exact) mass is 608 g/mol. The molecule has 0 unspecified atom stereocenters. The lowest BCUT2D eigenvalue weighted by Gasteiger charge is -2.49. The summed E-state index contributed by atoms with van der Waals surface area (Å²) >= 11 is 2.54. The molecule has 2 aliphatic heterocycles. The molecule has 224 valence electrons. The van der Waals surface area contributed by atoms with Crippen LogP contribution in [0.5, 0.6) is 0 Å². The average molecular weight is 609 g/mol. The van der Waals surface area contributed by atoms with E-state index in [1.54, 1.807) is 59.9 Å². The molecule has 1 fully saturated rings. The molecule has 1 saturated heterocycles. The average Bonchev–Trinajstić information content (AvgIpc) is 3.31. The quantitative estimate of drug-likeness (QED) is 0.191. The van der Waals surface area contributed by atoms with Gasteiger partial charge in [0.25, 0.3) is 11.8 Å². The Morgan fingerprint density at radius 1 is 1.15 bits per heavy atom. The minimum absolute atomic E-state index is 0.0812. The lowest BCUT2D eigenvalue weighted by molar-refractivity contribution is -0.173. The predicted octanol–water partition coefficient (Wildman–Crippen LogP) is 4.05. The minimum atomic E-state index is -0.875. The van der Waals surface area contributed by atoms with Crippen molar-refractivity contribution in [1.82, 2.24) is 15.2 Å². The molecule has 0 radical (unpaired) electrons. The summed E-state index contributed by atoms with van der Waals surface area (Å²) in [6.07, 6.45) is 1.54. The third-order valence-corrected chi connectivity index (χ3v) is 7.85. The molecule has 3 amide bonds. The van der Waals surface area contributed by atoms with Gasteiger partial charge in [0, 0.05) is 11.1 Å². The molecule has 2 atom stereocenters. The molecule has 2 N–H and O–H groups in total. The van der Waals surface area contributed by atoms with Crippen molar-refractivity contribution < 1.29 is 38.2 Å². The number of hydrogen-bond acceptors (Lipinski definition) is 11. The first kappa shape index (κ1) is 32.1. The zero-order valence-electron chi connectivity index (χ0n) is 24.4.